The lowest BCUT2D eigenvalue weighted by atomic mass is 10.0. The Balaban J connectivity index is 1.63. The third-order valence-electron chi connectivity index (χ3n) is 3.53. The summed E-state index contributed by atoms with van der Waals surface area (Å²) < 4.78 is 5.69. The number of amides is 1. The first kappa shape index (κ1) is 13.4. The normalized spacial score (nSPS) is 15.9. The fourth-order valence-corrected chi connectivity index (χ4v) is 2.87. The van der Waals surface area contributed by atoms with E-state index in [2.05, 4.69) is 21.2 Å². The van der Waals surface area contributed by atoms with E-state index in [-0.39, 0.29) is 18.2 Å². The van der Waals surface area contributed by atoms with Gasteiger partial charge >= 0.3 is 0 Å². The van der Waals surface area contributed by atoms with Crippen molar-refractivity contribution in [2.75, 3.05) is 6.54 Å². The highest BCUT2D eigenvalue weighted by atomic mass is 79.9. The third-order valence-corrected chi connectivity index (χ3v) is 3.96. The predicted octanol–water partition coefficient (Wildman–Crippen LogP) is 2.30. The maximum absolute atomic E-state index is 11.9. The molecule has 3 rings (SSSR count). The molecule has 0 spiro atoms. The Kier molecular flexibility index (Phi) is 3.40. The van der Waals surface area contributed by atoms with Crippen LogP contribution in [-0.2, 0) is 12.8 Å². The van der Waals surface area contributed by atoms with Crippen LogP contribution in [0, 0.1) is 0 Å². The highest BCUT2D eigenvalue weighted by Gasteiger charge is 2.35. The van der Waals surface area contributed by atoms with Gasteiger partial charge in [0.25, 0.3) is 5.91 Å². The number of carbonyl (C=O) groups is 1. The van der Waals surface area contributed by atoms with Gasteiger partial charge in [0.05, 0.1) is 5.60 Å². The maximum Gasteiger partial charge on any atom is 0.287 e. The van der Waals surface area contributed by atoms with Crippen molar-refractivity contribution in [3.05, 3.63) is 58.0 Å². The van der Waals surface area contributed by atoms with Gasteiger partial charge in [-0.2, -0.15) is 0 Å². The Morgan fingerprint density at radius 3 is 2.45 bits per heavy atom. The summed E-state index contributed by atoms with van der Waals surface area (Å²) in [6, 6.07) is 11.2. The monoisotopic (exact) mass is 335 g/mol. The Morgan fingerprint density at radius 2 is 1.90 bits per heavy atom. The minimum absolute atomic E-state index is 0.207. The molecule has 20 heavy (non-hydrogen) atoms. The van der Waals surface area contributed by atoms with Crippen LogP contribution in [0.15, 0.2) is 45.5 Å². The van der Waals surface area contributed by atoms with Crippen LogP contribution in [0.1, 0.15) is 21.7 Å². The van der Waals surface area contributed by atoms with Gasteiger partial charge in [0.15, 0.2) is 10.4 Å². The Bertz CT molecular complexity index is 625. The number of halogens is 1. The molecule has 2 aromatic rings. The number of nitrogens with one attached hydrogen (secondary N) is 1. The molecule has 0 saturated carbocycles. The first-order valence-corrected chi connectivity index (χ1v) is 7.18. The van der Waals surface area contributed by atoms with Crippen molar-refractivity contribution in [2.24, 2.45) is 0 Å². The van der Waals surface area contributed by atoms with Crippen LogP contribution >= 0.6 is 15.9 Å². The molecular weight excluding hydrogens is 322 g/mol. The maximum atomic E-state index is 11.9. The number of fused-ring (bicyclic) bond motifs is 1. The molecule has 0 atom stereocenters. The zero-order chi connectivity index (χ0) is 14.2. The molecule has 0 saturated heterocycles. The van der Waals surface area contributed by atoms with E-state index in [0.717, 1.165) is 11.1 Å². The molecule has 1 heterocycles. The van der Waals surface area contributed by atoms with E-state index in [4.69, 9.17) is 4.42 Å². The molecule has 1 aromatic heterocycles. The average molecular weight is 336 g/mol. The second-order valence-electron chi connectivity index (χ2n) is 5.13. The van der Waals surface area contributed by atoms with Crippen LogP contribution in [0.25, 0.3) is 0 Å². The first-order valence-electron chi connectivity index (χ1n) is 6.38. The van der Waals surface area contributed by atoms with Crippen molar-refractivity contribution in [3.8, 4) is 0 Å². The van der Waals surface area contributed by atoms with Gasteiger partial charge in [-0.05, 0) is 39.2 Å². The second-order valence-corrected chi connectivity index (χ2v) is 5.91. The summed E-state index contributed by atoms with van der Waals surface area (Å²) in [6.07, 6.45) is 1.12. The van der Waals surface area contributed by atoms with E-state index in [9.17, 15) is 9.90 Å². The van der Waals surface area contributed by atoms with E-state index in [1.54, 1.807) is 12.1 Å². The first-order chi connectivity index (χ1) is 9.56. The number of furan rings is 1. The lowest BCUT2D eigenvalue weighted by Gasteiger charge is -2.22. The number of carbonyl (C=O) groups excluding carboxylic acids is 1. The largest absolute Gasteiger partial charge is 0.444 e. The summed E-state index contributed by atoms with van der Waals surface area (Å²) in [4.78, 5) is 11.9. The van der Waals surface area contributed by atoms with Gasteiger partial charge in [-0.3, -0.25) is 4.79 Å². The average Bonchev–Trinajstić information content (AvgIpc) is 2.99. The fraction of sp³-hybridized carbons (Fsp3) is 0.267. The SMILES string of the molecule is O=C(NCC1(O)Cc2ccccc2C1)c1ccc(Br)o1. The number of rotatable bonds is 3. The van der Waals surface area contributed by atoms with E-state index in [1.807, 2.05) is 24.3 Å². The number of hydrogen-bond donors (Lipinski definition) is 2. The molecular formula is C15H14BrNO3. The summed E-state index contributed by atoms with van der Waals surface area (Å²) in [6.45, 7) is 0.207. The Hall–Kier alpha value is -1.59. The topological polar surface area (TPSA) is 62.5 Å². The van der Waals surface area contributed by atoms with Crippen LogP contribution in [0.5, 0.6) is 0 Å². The van der Waals surface area contributed by atoms with Gasteiger partial charge in [0.2, 0.25) is 0 Å². The van der Waals surface area contributed by atoms with Gasteiger partial charge in [-0.25, -0.2) is 0 Å². The summed E-state index contributed by atoms with van der Waals surface area (Å²) in [7, 11) is 0. The molecule has 1 aliphatic carbocycles. The summed E-state index contributed by atoms with van der Waals surface area (Å²) in [5, 5.41) is 13.3. The zero-order valence-corrected chi connectivity index (χ0v) is 12.3. The lowest BCUT2D eigenvalue weighted by Crippen LogP contribution is -2.43. The van der Waals surface area contributed by atoms with E-state index in [0.29, 0.717) is 17.5 Å². The minimum Gasteiger partial charge on any atom is -0.444 e. The van der Waals surface area contributed by atoms with Crippen molar-refractivity contribution in [3.63, 3.8) is 0 Å². The van der Waals surface area contributed by atoms with Gasteiger partial charge < -0.3 is 14.8 Å². The Labute approximate surface area is 124 Å². The van der Waals surface area contributed by atoms with Crippen molar-refractivity contribution >= 4 is 21.8 Å². The fourth-order valence-electron chi connectivity index (χ4n) is 2.57. The van der Waals surface area contributed by atoms with E-state index >= 15 is 0 Å². The Morgan fingerprint density at radius 1 is 1.25 bits per heavy atom. The molecule has 0 unspecified atom stereocenters. The lowest BCUT2D eigenvalue weighted by molar-refractivity contribution is 0.0473. The van der Waals surface area contributed by atoms with Crippen LogP contribution < -0.4 is 5.32 Å². The van der Waals surface area contributed by atoms with Gasteiger partial charge in [0.1, 0.15) is 0 Å². The number of hydrogen-bond acceptors (Lipinski definition) is 3. The zero-order valence-electron chi connectivity index (χ0n) is 10.7. The molecule has 1 aromatic carbocycles. The third kappa shape index (κ3) is 2.64. The molecule has 2 N–H and O–H groups in total. The summed E-state index contributed by atoms with van der Waals surface area (Å²) in [5.41, 5.74) is 1.37. The molecule has 0 aliphatic heterocycles. The van der Waals surface area contributed by atoms with Crippen molar-refractivity contribution in [1.82, 2.24) is 5.32 Å². The summed E-state index contributed by atoms with van der Waals surface area (Å²) >= 11 is 3.15. The predicted molar refractivity (Wildman–Crippen MR) is 77.5 cm³/mol. The van der Waals surface area contributed by atoms with Gasteiger partial charge in [0, 0.05) is 19.4 Å². The highest BCUT2D eigenvalue weighted by Crippen LogP contribution is 2.29. The van der Waals surface area contributed by atoms with Crippen LogP contribution in [0.2, 0.25) is 0 Å². The summed E-state index contributed by atoms with van der Waals surface area (Å²) in [5.74, 6) is -0.0870. The van der Waals surface area contributed by atoms with Crippen LogP contribution in [0.3, 0.4) is 0 Å². The highest BCUT2D eigenvalue weighted by molar-refractivity contribution is 9.10. The van der Waals surface area contributed by atoms with Crippen molar-refractivity contribution < 1.29 is 14.3 Å². The molecule has 104 valence electrons. The van der Waals surface area contributed by atoms with Gasteiger partial charge in [-0.1, -0.05) is 24.3 Å². The van der Waals surface area contributed by atoms with Crippen molar-refractivity contribution in [2.45, 2.75) is 18.4 Å². The van der Waals surface area contributed by atoms with E-state index < -0.39 is 5.60 Å². The van der Waals surface area contributed by atoms with E-state index in [1.165, 1.54) is 0 Å². The minimum atomic E-state index is -0.914. The standard InChI is InChI=1S/C15H14BrNO3/c16-13-6-5-12(20-13)14(18)17-9-15(19)7-10-3-1-2-4-11(10)8-15/h1-6,19H,7-9H2,(H,17,18). The van der Waals surface area contributed by atoms with Gasteiger partial charge in [-0.15, -0.1) is 0 Å². The second kappa shape index (κ2) is 5.07. The quantitative estimate of drug-likeness (QED) is 0.904. The molecule has 5 heteroatoms. The van der Waals surface area contributed by atoms with Crippen LogP contribution in [-0.4, -0.2) is 23.2 Å². The smallest absolute Gasteiger partial charge is 0.287 e. The molecule has 0 fully saturated rings. The molecule has 0 bridgehead atoms. The number of aliphatic hydroxyl groups is 1. The number of benzene rings is 1. The van der Waals surface area contributed by atoms with Crippen LogP contribution in [0.4, 0.5) is 0 Å². The molecule has 4 nitrogen and oxygen atoms in total. The molecule has 1 amide bonds. The van der Waals surface area contributed by atoms with Crippen molar-refractivity contribution in [1.29, 1.82) is 0 Å². The molecule has 1 aliphatic rings. The molecule has 0 radical (unpaired) electrons.